The molecule has 5 heteroatoms. The monoisotopic (exact) mass is 242 g/mol. The Labute approximate surface area is 90.4 Å². The summed E-state index contributed by atoms with van der Waals surface area (Å²) in [4.78, 5) is 0. The van der Waals surface area contributed by atoms with Crippen LogP contribution in [0.3, 0.4) is 0 Å². The fourth-order valence-electron chi connectivity index (χ4n) is 0.813. The Morgan fingerprint density at radius 3 is 2.38 bits per heavy atom. The molecule has 0 heterocycles. The molecule has 0 spiro atoms. The van der Waals surface area contributed by atoms with E-state index in [1.54, 1.807) is 13.0 Å². The predicted molar refractivity (Wildman–Crippen MR) is 52.1 cm³/mol. The minimum Gasteiger partial charge on any atom is -0.442 e. The van der Waals surface area contributed by atoms with E-state index in [1.165, 1.54) is 12.1 Å². The SMILES string of the molecule is Cc1ccc(OC(Cl)(Cl)Cl)c(F)c1. The van der Waals surface area contributed by atoms with Gasteiger partial charge in [0, 0.05) is 0 Å². The number of halogens is 4. The van der Waals surface area contributed by atoms with E-state index in [1.807, 2.05) is 0 Å². The van der Waals surface area contributed by atoms with E-state index >= 15 is 0 Å². The van der Waals surface area contributed by atoms with Crippen molar-refractivity contribution in [1.29, 1.82) is 0 Å². The zero-order valence-electron chi connectivity index (χ0n) is 6.65. The van der Waals surface area contributed by atoms with Crippen LogP contribution in [-0.2, 0) is 0 Å². The molecule has 1 rings (SSSR count). The van der Waals surface area contributed by atoms with Crippen LogP contribution in [0.25, 0.3) is 0 Å². The summed E-state index contributed by atoms with van der Waals surface area (Å²) in [7, 11) is 0. The zero-order chi connectivity index (χ0) is 10.1. The molecule has 1 aromatic rings. The van der Waals surface area contributed by atoms with Crippen LogP contribution < -0.4 is 4.74 Å². The van der Waals surface area contributed by atoms with Crippen LogP contribution in [-0.4, -0.2) is 3.98 Å². The summed E-state index contributed by atoms with van der Waals surface area (Å²) in [6, 6.07) is 4.37. The Morgan fingerprint density at radius 1 is 1.31 bits per heavy atom. The second-order valence-electron chi connectivity index (χ2n) is 2.48. The van der Waals surface area contributed by atoms with Crippen molar-refractivity contribution in [2.24, 2.45) is 0 Å². The lowest BCUT2D eigenvalue weighted by atomic mass is 10.2. The molecule has 0 unspecified atom stereocenters. The first-order valence-electron chi connectivity index (χ1n) is 3.40. The number of ether oxygens (including phenoxy) is 1. The Bertz CT molecular complexity index is 309. The third kappa shape index (κ3) is 3.59. The van der Waals surface area contributed by atoms with Crippen molar-refractivity contribution in [3.63, 3.8) is 0 Å². The van der Waals surface area contributed by atoms with E-state index in [0.29, 0.717) is 0 Å². The Kier molecular flexibility index (Phi) is 3.28. The maximum atomic E-state index is 13.1. The van der Waals surface area contributed by atoms with Crippen LogP contribution in [0.15, 0.2) is 18.2 Å². The molecule has 72 valence electrons. The van der Waals surface area contributed by atoms with Crippen LogP contribution in [0.2, 0.25) is 0 Å². The molecular weight excluding hydrogens is 237 g/mol. The van der Waals surface area contributed by atoms with Crippen molar-refractivity contribution in [3.05, 3.63) is 29.6 Å². The molecule has 0 saturated carbocycles. The summed E-state index contributed by atoms with van der Waals surface area (Å²) in [5.41, 5.74) is 0.772. The Hall–Kier alpha value is -0.180. The molecule has 0 amide bonds. The van der Waals surface area contributed by atoms with Gasteiger partial charge < -0.3 is 4.74 Å². The smallest absolute Gasteiger partial charge is 0.338 e. The first kappa shape index (κ1) is 10.9. The third-order valence-corrected chi connectivity index (χ3v) is 1.54. The topological polar surface area (TPSA) is 9.23 Å². The van der Waals surface area contributed by atoms with Gasteiger partial charge >= 0.3 is 3.98 Å². The van der Waals surface area contributed by atoms with Crippen LogP contribution in [0.4, 0.5) is 4.39 Å². The molecule has 0 aliphatic heterocycles. The highest BCUT2D eigenvalue weighted by Crippen LogP contribution is 2.31. The first-order valence-corrected chi connectivity index (χ1v) is 4.54. The third-order valence-electron chi connectivity index (χ3n) is 1.31. The number of alkyl halides is 3. The molecule has 0 radical (unpaired) electrons. The van der Waals surface area contributed by atoms with Crippen molar-refractivity contribution in [2.45, 2.75) is 10.9 Å². The van der Waals surface area contributed by atoms with Gasteiger partial charge in [-0.15, -0.1) is 0 Å². The van der Waals surface area contributed by atoms with E-state index in [9.17, 15) is 4.39 Å². The predicted octanol–water partition coefficient (Wildman–Crippen LogP) is 3.84. The molecule has 0 aromatic heterocycles. The van der Waals surface area contributed by atoms with Crippen LogP contribution in [0.1, 0.15) is 5.56 Å². The number of aryl methyl sites for hydroxylation is 1. The van der Waals surface area contributed by atoms with E-state index in [0.717, 1.165) is 5.56 Å². The second kappa shape index (κ2) is 3.91. The molecule has 0 N–H and O–H groups in total. The molecule has 13 heavy (non-hydrogen) atoms. The minimum atomic E-state index is -1.93. The summed E-state index contributed by atoms with van der Waals surface area (Å²) in [6.45, 7) is 1.75. The van der Waals surface area contributed by atoms with Gasteiger partial charge in [-0.05, 0) is 59.4 Å². The van der Waals surface area contributed by atoms with Gasteiger partial charge in [0.05, 0.1) is 0 Å². The van der Waals surface area contributed by atoms with E-state index in [-0.39, 0.29) is 5.75 Å². The normalized spacial score (nSPS) is 11.5. The van der Waals surface area contributed by atoms with Gasteiger partial charge in [-0.2, -0.15) is 0 Å². The van der Waals surface area contributed by atoms with Gasteiger partial charge in [0.1, 0.15) is 0 Å². The van der Waals surface area contributed by atoms with Gasteiger partial charge in [0.2, 0.25) is 0 Å². The lowest BCUT2D eigenvalue weighted by molar-refractivity contribution is 0.303. The quantitative estimate of drug-likeness (QED) is 0.681. The maximum Gasteiger partial charge on any atom is 0.338 e. The lowest BCUT2D eigenvalue weighted by Crippen LogP contribution is -2.13. The van der Waals surface area contributed by atoms with Gasteiger partial charge in [0.25, 0.3) is 0 Å². The summed E-state index contributed by atoms with van der Waals surface area (Å²) in [5.74, 6) is -0.628. The molecule has 0 aliphatic rings. The van der Waals surface area contributed by atoms with Gasteiger partial charge in [-0.1, -0.05) is 6.07 Å². The van der Waals surface area contributed by atoms with Crippen molar-refractivity contribution in [2.75, 3.05) is 0 Å². The Morgan fingerprint density at radius 2 is 1.92 bits per heavy atom. The summed E-state index contributed by atoms with van der Waals surface area (Å²) >= 11 is 16.0. The number of hydrogen-bond donors (Lipinski definition) is 0. The largest absolute Gasteiger partial charge is 0.442 e. The molecule has 0 aliphatic carbocycles. The van der Waals surface area contributed by atoms with E-state index < -0.39 is 9.80 Å². The van der Waals surface area contributed by atoms with Crippen molar-refractivity contribution < 1.29 is 9.13 Å². The summed E-state index contributed by atoms with van der Waals surface area (Å²) in [5, 5.41) is 0. The van der Waals surface area contributed by atoms with Crippen LogP contribution >= 0.6 is 34.8 Å². The fraction of sp³-hybridized carbons (Fsp3) is 0.250. The van der Waals surface area contributed by atoms with Crippen molar-refractivity contribution in [3.8, 4) is 5.75 Å². The molecule has 0 fully saturated rings. The highest BCUT2D eigenvalue weighted by molar-refractivity contribution is 6.66. The van der Waals surface area contributed by atoms with E-state index in [2.05, 4.69) is 0 Å². The highest BCUT2D eigenvalue weighted by atomic mass is 35.6. The zero-order valence-corrected chi connectivity index (χ0v) is 8.92. The van der Waals surface area contributed by atoms with Crippen molar-refractivity contribution in [1.82, 2.24) is 0 Å². The van der Waals surface area contributed by atoms with Crippen LogP contribution in [0, 0.1) is 12.7 Å². The number of benzene rings is 1. The molecule has 0 bridgehead atoms. The summed E-state index contributed by atoms with van der Waals surface area (Å²) < 4.78 is 15.9. The summed E-state index contributed by atoms with van der Waals surface area (Å²) in [6.07, 6.45) is 0. The molecule has 1 aromatic carbocycles. The number of rotatable bonds is 1. The molecule has 0 atom stereocenters. The molecule has 0 saturated heterocycles. The van der Waals surface area contributed by atoms with Gasteiger partial charge in [0.15, 0.2) is 11.6 Å². The molecule has 1 nitrogen and oxygen atoms in total. The maximum absolute atomic E-state index is 13.1. The first-order chi connectivity index (χ1) is 5.88. The second-order valence-corrected chi connectivity index (χ2v) is 4.66. The standard InChI is InChI=1S/C8H6Cl3FO/c1-5-2-3-7(6(12)4-5)13-8(9,10)11/h2-4H,1H3. The highest BCUT2D eigenvalue weighted by Gasteiger charge is 2.23. The number of hydrogen-bond acceptors (Lipinski definition) is 1. The minimum absolute atomic E-state index is 0.0781. The average Bonchev–Trinajstić information content (AvgIpc) is 1.93. The Balaban J connectivity index is 2.90. The van der Waals surface area contributed by atoms with E-state index in [4.69, 9.17) is 39.5 Å². The van der Waals surface area contributed by atoms with Gasteiger partial charge in [-0.3, -0.25) is 0 Å². The van der Waals surface area contributed by atoms with Crippen LogP contribution in [0.5, 0.6) is 5.75 Å². The lowest BCUT2D eigenvalue weighted by Gasteiger charge is -2.14. The fourth-order valence-corrected chi connectivity index (χ4v) is 1.06. The molecular formula is C8H6Cl3FO. The average molecular weight is 243 g/mol. The van der Waals surface area contributed by atoms with Gasteiger partial charge in [-0.25, -0.2) is 4.39 Å². The van der Waals surface area contributed by atoms with Crippen molar-refractivity contribution >= 4 is 34.8 Å².